The Morgan fingerprint density at radius 2 is 2.05 bits per heavy atom. The molecule has 128 valence electrons. The van der Waals surface area contributed by atoms with Gasteiger partial charge in [-0.1, -0.05) is 13.8 Å². The summed E-state index contributed by atoms with van der Waals surface area (Å²) in [5, 5.41) is 2.80. The van der Waals surface area contributed by atoms with E-state index in [2.05, 4.69) is 5.32 Å². The molecule has 0 saturated carbocycles. The molecule has 3 N–H and O–H groups in total. The number of carbonyl (C=O) groups is 2. The Hall–Kier alpha value is -1.31. The number of likely N-dealkylation sites (tertiary alicyclic amines) is 1. The van der Waals surface area contributed by atoms with Gasteiger partial charge in [-0.15, -0.1) is 0 Å². The van der Waals surface area contributed by atoms with Crippen LogP contribution in [-0.2, 0) is 9.59 Å². The number of hydrogen-bond acceptors (Lipinski definition) is 3. The molecular weight excluding hydrogens is 299 g/mol. The van der Waals surface area contributed by atoms with Gasteiger partial charge in [-0.05, 0) is 19.3 Å². The van der Waals surface area contributed by atoms with Crippen LogP contribution in [0.15, 0.2) is 0 Å². The monoisotopic (exact) mass is 323 g/mol. The van der Waals surface area contributed by atoms with Crippen molar-refractivity contribution >= 4 is 11.8 Å². The smallest absolute Gasteiger partial charge is 0.349 e. The molecule has 0 aromatic heterocycles. The van der Waals surface area contributed by atoms with E-state index in [4.69, 9.17) is 5.73 Å². The number of amides is 2. The Labute approximate surface area is 128 Å². The molecule has 1 aliphatic heterocycles. The minimum atomic E-state index is -4.45. The Morgan fingerprint density at radius 3 is 2.50 bits per heavy atom. The number of nitrogens with two attached hydrogens (primary N) is 1. The van der Waals surface area contributed by atoms with Crippen LogP contribution < -0.4 is 11.1 Å². The van der Waals surface area contributed by atoms with Crippen LogP contribution >= 0.6 is 0 Å². The molecule has 1 heterocycles. The van der Waals surface area contributed by atoms with Crippen LogP contribution in [-0.4, -0.2) is 48.1 Å². The van der Waals surface area contributed by atoms with E-state index in [1.54, 1.807) is 6.92 Å². The number of alkyl halides is 3. The van der Waals surface area contributed by atoms with Crippen molar-refractivity contribution < 1.29 is 22.8 Å². The highest BCUT2D eigenvalue weighted by Gasteiger charge is 2.41. The zero-order valence-electron chi connectivity index (χ0n) is 13.2. The highest BCUT2D eigenvalue weighted by molar-refractivity contribution is 5.89. The highest BCUT2D eigenvalue weighted by Crippen LogP contribution is 2.25. The number of rotatable bonds is 6. The summed E-state index contributed by atoms with van der Waals surface area (Å²) in [7, 11) is 0. The first-order valence-electron chi connectivity index (χ1n) is 7.32. The van der Waals surface area contributed by atoms with E-state index in [9.17, 15) is 22.8 Å². The third kappa shape index (κ3) is 5.47. The third-order valence-corrected chi connectivity index (χ3v) is 3.69. The molecule has 2 unspecified atom stereocenters. The molecule has 0 aromatic carbocycles. The van der Waals surface area contributed by atoms with Gasteiger partial charge in [-0.3, -0.25) is 9.59 Å². The molecule has 1 aliphatic rings. The molecule has 1 rings (SSSR count). The van der Waals surface area contributed by atoms with Crippen molar-refractivity contribution in [3.8, 4) is 0 Å². The van der Waals surface area contributed by atoms with E-state index in [0.29, 0.717) is 17.2 Å². The van der Waals surface area contributed by atoms with Crippen LogP contribution in [0.25, 0.3) is 0 Å². The summed E-state index contributed by atoms with van der Waals surface area (Å²) in [6.07, 6.45) is -3.99. The van der Waals surface area contributed by atoms with Crippen molar-refractivity contribution in [3.05, 3.63) is 0 Å². The molecule has 0 spiro atoms. The highest BCUT2D eigenvalue weighted by atomic mass is 19.4. The molecule has 1 fully saturated rings. The second kappa shape index (κ2) is 6.85. The third-order valence-electron chi connectivity index (χ3n) is 3.69. The fraction of sp³-hybridized carbons (Fsp3) is 0.857. The Balaban J connectivity index is 2.65. The van der Waals surface area contributed by atoms with E-state index in [1.807, 2.05) is 13.8 Å². The molecule has 0 aliphatic carbocycles. The maximum absolute atomic E-state index is 12.4. The van der Waals surface area contributed by atoms with Gasteiger partial charge in [0.05, 0.1) is 5.92 Å². The second-order valence-corrected chi connectivity index (χ2v) is 6.64. The van der Waals surface area contributed by atoms with Gasteiger partial charge in [0, 0.05) is 25.0 Å². The van der Waals surface area contributed by atoms with Gasteiger partial charge in [0.1, 0.15) is 6.54 Å². The summed E-state index contributed by atoms with van der Waals surface area (Å²) in [5.74, 6) is -1.50. The standard InChI is InChI=1S/C14H24F3N3O2/c1-9(2)5-13(3,7-18)19-12(22)10-4-11(21)20(6-10)8-14(15,16)17/h9-10H,4-8,18H2,1-3H3,(H,19,22). The Morgan fingerprint density at radius 1 is 1.45 bits per heavy atom. The molecule has 2 amide bonds. The lowest BCUT2D eigenvalue weighted by Crippen LogP contribution is -2.54. The van der Waals surface area contributed by atoms with E-state index in [1.165, 1.54) is 0 Å². The fourth-order valence-electron chi connectivity index (χ4n) is 2.80. The minimum Gasteiger partial charge on any atom is -0.349 e. The van der Waals surface area contributed by atoms with Gasteiger partial charge < -0.3 is 16.0 Å². The maximum Gasteiger partial charge on any atom is 0.406 e. The molecule has 1 saturated heterocycles. The van der Waals surface area contributed by atoms with Crippen molar-refractivity contribution in [1.82, 2.24) is 10.2 Å². The summed E-state index contributed by atoms with van der Waals surface area (Å²) < 4.78 is 37.1. The molecule has 0 bridgehead atoms. The topological polar surface area (TPSA) is 75.4 Å². The average molecular weight is 323 g/mol. The lowest BCUT2D eigenvalue weighted by Gasteiger charge is -2.32. The number of hydrogen-bond donors (Lipinski definition) is 2. The van der Waals surface area contributed by atoms with Crippen molar-refractivity contribution in [2.75, 3.05) is 19.6 Å². The zero-order valence-corrected chi connectivity index (χ0v) is 13.2. The SMILES string of the molecule is CC(C)CC(C)(CN)NC(=O)C1CC(=O)N(CC(F)(F)F)C1. The molecule has 0 radical (unpaired) electrons. The van der Waals surface area contributed by atoms with Crippen LogP contribution in [0.4, 0.5) is 13.2 Å². The van der Waals surface area contributed by atoms with Crippen molar-refractivity contribution in [2.24, 2.45) is 17.6 Å². The predicted molar refractivity (Wildman–Crippen MR) is 75.8 cm³/mol. The van der Waals surface area contributed by atoms with E-state index in [-0.39, 0.29) is 19.5 Å². The van der Waals surface area contributed by atoms with E-state index < -0.39 is 36.0 Å². The van der Waals surface area contributed by atoms with Gasteiger partial charge >= 0.3 is 6.18 Å². The first-order chi connectivity index (χ1) is 9.96. The predicted octanol–water partition coefficient (Wildman–Crippen LogP) is 1.28. The lowest BCUT2D eigenvalue weighted by atomic mass is 9.90. The van der Waals surface area contributed by atoms with Gasteiger partial charge in [-0.2, -0.15) is 13.2 Å². The molecule has 22 heavy (non-hydrogen) atoms. The number of carbonyl (C=O) groups excluding carboxylic acids is 2. The van der Waals surface area contributed by atoms with E-state index in [0.717, 1.165) is 0 Å². The second-order valence-electron chi connectivity index (χ2n) is 6.64. The summed E-state index contributed by atoms with van der Waals surface area (Å²) in [6.45, 7) is 4.50. The average Bonchev–Trinajstić information content (AvgIpc) is 2.67. The van der Waals surface area contributed by atoms with Gasteiger partial charge in [-0.25, -0.2) is 0 Å². The number of halogens is 3. The lowest BCUT2D eigenvalue weighted by molar-refractivity contribution is -0.157. The first kappa shape index (κ1) is 18.7. The quantitative estimate of drug-likeness (QED) is 0.773. The molecule has 0 aromatic rings. The van der Waals surface area contributed by atoms with Crippen molar-refractivity contribution in [2.45, 2.75) is 45.3 Å². The fourth-order valence-corrected chi connectivity index (χ4v) is 2.80. The summed E-state index contributed by atoms with van der Waals surface area (Å²) in [4.78, 5) is 24.5. The molecule has 2 atom stereocenters. The summed E-state index contributed by atoms with van der Waals surface area (Å²) in [5.41, 5.74) is 5.08. The Bertz CT molecular complexity index is 426. The zero-order chi connectivity index (χ0) is 17.1. The Kier molecular flexibility index (Phi) is 5.83. The summed E-state index contributed by atoms with van der Waals surface area (Å²) >= 11 is 0. The van der Waals surface area contributed by atoms with Crippen LogP contribution in [0.5, 0.6) is 0 Å². The normalized spacial score (nSPS) is 22.1. The van der Waals surface area contributed by atoms with Crippen LogP contribution in [0.3, 0.4) is 0 Å². The maximum atomic E-state index is 12.4. The van der Waals surface area contributed by atoms with Crippen LogP contribution in [0.2, 0.25) is 0 Å². The molecular formula is C14H24F3N3O2. The van der Waals surface area contributed by atoms with E-state index >= 15 is 0 Å². The molecule has 8 heteroatoms. The molecule has 5 nitrogen and oxygen atoms in total. The largest absolute Gasteiger partial charge is 0.406 e. The van der Waals surface area contributed by atoms with Crippen LogP contribution in [0, 0.1) is 11.8 Å². The summed E-state index contributed by atoms with van der Waals surface area (Å²) in [6, 6.07) is 0. The van der Waals surface area contributed by atoms with Crippen molar-refractivity contribution in [3.63, 3.8) is 0 Å². The van der Waals surface area contributed by atoms with Gasteiger partial charge in [0.25, 0.3) is 0 Å². The van der Waals surface area contributed by atoms with Gasteiger partial charge in [0.2, 0.25) is 11.8 Å². The van der Waals surface area contributed by atoms with Gasteiger partial charge in [0.15, 0.2) is 0 Å². The number of nitrogens with zero attached hydrogens (tertiary/aromatic N) is 1. The number of nitrogens with one attached hydrogen (secondary N) is 1. The first-order valence-corrected chi connectivity index (χ1v) is 7.32. The van der Waals surface area contributed by atoms with Crippen LogP contribution in [0.1, 0.15) is 33.6 Å². The van der Waals surface area contributed by atoms with Crippen molar-refractivity contribution in [1.29, 1.82) is 0 Å². The minimum absolute atomic E-state index is 0.190.